The summed E-state index contributed by atoms with van der Waals surface area (Å²) in [5.74, 6) is 1.23. The Morgan fingerprint density at radius 1 is 0.927 bits per heavy atom. The molecule has 206 valence electrons. The normalized spacial score (nSPS) is 12.5. The summed E-state index contributed by atoms with van der Waals surface area (Å²) in [5.41, 5.74) is 8.77. The van der Waals surface area contributed by atoms with Gasteiger partial charge in [-0.15, -0.1) is 0 Å². The molecule has 41 heavy (non-hydrogen) atoms. The number of rotatable bonds is 7. The second-order valence-electron chi connectivity index (χ2n) is 9.54. The lowest BCUT2D eigenvalue weighted by molar-refractivity contribution is 0.215. The number of anilines is 1. The summed E-state index contributed by atoms with van der Waals surface area (Å²) in [4.78, 5) is 0.106. The zero-order valence-corrected chi connectivity index (χ0v) is 23.4. The Morgan fingerprint density at radius 3 is 2.37 bits per heavy atom. The molecule has 6 aromatic rings. The van der Waals surface area contributed by atoms with E-state index in [0.717, 1.165) is 5.56 Å². The van der Waals surface area contributed by atoms with Gasteiger partial charge in [0.15, 0.2) is 0 Å². The van der Waals surface area contributed by atoms with Gasteiger partial charge in [0.1, 0.15) is 23.4 Å². The van der Waals surface area contributed by atoms with Crippen LogP contribution >= 0.6 is 11.6 Å². The fraction of sp³-hybridized carbons (Fsp3) is 0.0645. The number of aryl methyl sites for hydroxylation is 1. The lowest BCUT2D eigenvalue weighted by Gasteiger charge is -2.16. The average molecular weight is 585 g/mol. The predicted octanol–water partition coefficient (Wildman–Crippen LogP) is 6.48. The van der Waals surface area contributed by atoms with Crippen molar-refractivity contribution in [2.45, 2.75) is 17.9 Å². The van der Waals surface area contributed by atoms with Crippen LogP contribution in [0.3, 0.4) is 0 Å². The Labute approximate surface area is 241 Å². The van der Waals surface area contributed by atoms with Crippen molar-refractivity contribution in [3.63, 3.8) is 0 Å². The van der Waals surface area contributed by atoms with Crippen molar-refractivity contribution in [2.24, 2.45) is 0 Å². The minimum atomic E-state index is -4.06. The largest absolute Gasteiger partial charge is 0.456 e. The highest BCUT2D eigenvalue weighted by Gasteiger charge is 2.29. The van der Waals surface area contributed by atoms with Gasteiger partial charge in [0.25, 0.3) is 10.0 Å². The molecule has 0 radical (unpaired) electrons. The molecule has 0 spiro atoms. The highest BCUT2D eigenvalue weighted by atomic mass is 35.5. The van der Waals surface area contributed by atoms with Gasteiger partial charge < -0.3 is 15.6 Å². The van der Waals surface area contributed by atoms with Crippen LogP contribution in [0.4, 0.5) is 5.82 Å². The predicted molar refractivity (Wildman–Crippen MR) is 159 cm³/mol. The molecule has 1 atom stereocenters. The number of nitrogens with zero attached hydrogens (tertiary/aromatic N) is 3. The Morgan fingerprint density at radius 2 is 1.63 bits per heavy atom. The number of hydrogen-bond donors (Lipinski definition) is 2. The van der Waals surface area contributed by atoms with Gasteiger partial charge in [0, 0.05) is 10.9 Å². The van der Waals surface area contributed by atoms with E-state index in [1.54, 1.807) is 66.7 Å². The Balaban J connectivity index is 1.39. The van der Waals surface area contributed by atoms with Crippen LogP contribution in [0.25, 0.3) is 16.6 Å². The molecule has 1 unspecified atom stereocenters. The van der Waals surface area contributed by atoms with E-state index in [2.05, 4.69) is 5.10 Å². The molecule has 0 bridgehead atoms. The number of aromatic nitrogens is 3. The molecular formula is C31H25ClN4O4S. The number of aliphatic hydroxyl groups is 1. The van der Waals surface area contributed by atoms with Crippen molar-refractivity contribution in [1.29, 1.82) is 0 Å². The molecule has 0 aliphatic carbocycles. The van der Waals surface area contributed by atoms with E-state index in [0.29, 0.717) is 33.1 Å². The van der Waals surface area contributed by atoms with Gasteiger partial charge in [-0.1, -0.05) is 65.7 Å². The first-order valence-corrected chi connectivity index (χ1v) is 14.5. The van der Waals surface area contributed by atoms with Crippen LogP contribution in [0.2, 0.25) is 5.02 Å². The van der Waals surface area contributed by atoms with Crippen LogP contribution in [0.5, 0.6) is 11.5 Å². The summed E-state index contributed by atoms with van der Waals surface area (Å²) in [5, 5.41) is 16.9. The molecule has 10 heteroatoms. The lowest BCUT2D eigenvalue weighted by Crippen LogP contribution is -2.18. The molecule has 0 amide bonds. The Hall–Kier alpha value is -4.57. The number of nitrogens with two attached hydrogens (primary N) is 1. The van der Waals surface area contributed by atoms with Gasteiger partial charge >= 0.3 is 0 Å². The summed E-state index contributed by atoms with van der Waals surface area (Å²) in [6.45, 7) is 1.88. The number of fused-ring (bicyclic) bond motifs is 1. The number of aliphatic hydroxyl groups excluding tert-OH is 1. The van der Waals surface area contributed by atoms with Gasteiger partial charge in [0.05, 0.1) is 33.0 Å². The van der Waals surface area contributed by atoms with Gasteiger partial charge in [-0.25, -0.2) is 17.1 Å². The minimum Gasteiger partial charge on any atom is -0.456 e. The van der Waals surface area contributed by atoms with Crippen LogP contribution in [0, 0.1) is 6.92 Å². The van der Waals surface area contributed by atoms with E-state index in [1.165, 1.54) is 14.9 Å². The van der Waals surface area contributed by atoms with Crippen LogP contribution in [-0.4, -0.2) is 27.3 Å². The van der Waals surface area contributed by atoms with Crippen molar-refractivity contribution in [3.05, 3.63) is 131 Å². The molecule has 0 fully saturated rings. The first-order valence-electron chi connectivity index (χ1n) is 12.7. The van der Waals surface area contributed by atoms with Gasteiger partial charge in [-0.2, -0.15) is 5.10 Å². The number of ether oxygens (including phenoxy) is 1. The highest BCUT2D eigenvalue weighted by Crippen LogP contribution is 2.36. The molecule has 2 heterocycles. The van der Waals surface area contributed by atoms with E-state index < -0.39 is 16.1 Å². The molecule has 6 rings (SSSR count). The maximum absolute atomic E-state index is 13.9. The molecule has 4 aromatic carbocycles. The second-order valence-corrected chi connectivity index (χ2v) is 11.7. The number of nitrogen functional groups attached to an aromatic ring is 1. The van der Waals surface area contributed by atoms with E-state index >= 15 is 0 Å². The molecule has 0 saturated heterocycles. The zero-order valence-electron chi connectivity index (χ0n) is 21.8. The second kappa shape index (κ2) is 10.4. The fourth-order valence-electron chi connectivity index (χ4n) is 4.69. The minimum absolute atomic E-state index is 0.106. The van der Waals surface area contributed by atoms with E-state index in [1.807, 2.05) is 43.3 Å². The number of benzene rings is 4. The van der Waals surface area contributed by atoms with Crippen molar-refractivity contribution in [1.82, 2.24) is 13.8 Å². The van der Waals surface area contributed by atoms with E-state index in [-0.39, 0.29) is 22.0 Å². The van der Waals surface area contributed by atoms with Crippen molar-refractivity contribution < 1.29 is 18.3 Å². The molecule has 0 aliphatic heterocycles. The summed E-state index contributed by atoms with van der Waals surface area (Å²) < 4.78 is 36.2. The van der Waals surface area contributed by atoms with Crippen LogP contribution < -0.4 is 10.5 Å². The molecule has 0 aliphatic rings. The standard InChI is InChI=1S/C31H25ClN4O4S/c1-20-11-14-24(15-12-20)41(38,39)36-27-10-6-5-7-21(27)17-28(36)30(37)25-19-34-35(31(25)33)22-13-16-29(26(32)18-22)40-23-8-3-2-4-9-23/h2-19,30,37H,33H2,1H3. The lowest BCUT2D eigenvalue weighted by atomic mass is 10.1. The molecule has 0 saturated carbocycles. The first-order chi connectivity index (χ1) is 19.7. The Bertz CT molecular complexity index is 1980. The maximum atomic E-state index is 13.9. The molecule has 2 aromatic heterocycles. The third-order valence-electron chi connectivity index (χ3n) is 6.79. The van der Waals surface area contributed by atoms with Gasteiger partial charge in [-0.3, -0.25) is 0 Å². The SMILES string of the molecule is Cc1ccc(S(=O)(=O)n2c(C(O)c3cnn(-c4ccc(Oc5ccccc5)c(Cl)c4)c3N)cc3ccccc32)cc1. The van der Waals surface area contributed by atoms with Crippen molar-refractivity contribution in [3.8, 4) is 17.2 Å². The Kier molecular flexibility index (Phi) is 6.78. The highest BCUT2D eigenvalue weighted by molar-refractivity contribution is 7.90. The van der Waals surface area contributed by atoms with Crippen LogP contribution in [-0.2, 0) is 10.0 Å². The number of para-hydroxylation sites is 2. The smallest absolute Gasteiger partial charge is 0.268 e. The quantitative estimate of drug-likeness (QED) is 0.222. The maximum Gasteiger partial charge on any atom is 0.268 e. The van der Waals surface area contributed by atoms with Gasteiger partial charge in [-0.05, 0) is 61.5 Å². The average Bonchev–Trinajstić information content (AvgIpc) is 3.56. The van der Waals surface area contributed by atoms with E-state index in [9.17, 15) is 13.5 Å². The third kappa shape index (κ3) is 4.84. The monoisotopic (exact) mass is 584 g/mol. The van der Waals surface area contributed by atoms with E-state index in [4.69, 9.17) is 22.1 Å². The van der Waals surface area contributed by atoms with Gasteiger partial charge in [0.2, 0.25) is 0 Å². The fourth-order valence-corrected chi connectivity index (χ4v) is 6.45. The zero-order chi connectivity index (χ0) is 28.7. The van der Waals surface area contributed by atoms with Crippen molar-refractivity contribution >= 4 is 38.3 Å². The van der Waals surface area contributed by atoms with Crippen molar-refractivity contribution in [2.75, 3.05) is 5.73 Å². The first kappa shape index (κ1) is 26.6. The molecule has 3 N–H and O–H groups in total. The summed E-state index contributed by atoms with van der Waals surface area (Å²) in [6, 6.07) is 29.6. The topological polar surface area (TPSA) is 112 Å². The summed E-state index contributed by atoms with van der Waals surface area (Å²) in [7, 11) is -4.06. The summed E-state index contributed by atoms with van der Waals surface area (Å²) in [6.07, 6.45) is 0.0236. The number of hydrogen-bond acceptors (Lipinski definition) is 6. The van der Waals surface area contributed by atoms with Crippen LogP contribution in [0.1, 0.15) is 22.9 Å². The number of halogens is 1. The molecule has 8 nitrogen and oxygen atoms in total. The van der Waals surface area contributed by atoms with Crippen LogP contribution in [0.15, 0.2) is 114 Å². The third-order valence-corrected chi connectivity index (χ3v) is 8.85. The molecular weight excluding hydrogens is 560 g/mol. The summed E-state index contributed by atoms with van der Waals surface area (Å²) >= 11 is 6.50.